The maximum Gasteiger partial charge on any atom is 0.266 e. The molecule has 39 heavy (non-hydrogen) atoms. The van der Waals surface area contributed by atoms with E-state index in [2.05, 4.69) is 23.4 Å². The van der Waals surface area contributed by atoms with E-state index in [1.54, 1.807) is 30.3 Å². The Bertz CT molecular complexity index is 1590. The van der Waals surface area contributed by atoms with Crippen LogP contribution in [0.4, 0.5) is 17.1 Å². The number of carbonyl (C=O) groups excluding carboxylic acids is 2. The molecule has 0 aliphatic carbocycles. The average Bonchev–Trinajstić information content (AvgIpc) is 3.28. The van der Waals surface area contributed by atoms with Crippen LogP contribution in [0.2, 0.25) is 0 Å². The molecular weight excluding hydrogens is 514 g/mol. The van der Waals surface area contributed by atoms with Gasteiger partial charge in [-0.2, -0.15) is 13.0 Å². The zero-order chi connectivity index (χ0) is 27.8. The minimum atomic E-state index is -4.03. The lowest BCUT2D eigenvalue weighted by Crippen LogP contribution is -2.31. The van der Waals surface area contributed by atoms with Gasteiger partial charge < -0.3 is 0 Å². The van der Waals surface area contributed by atoms with E-state index >= 15 is 0 Å². The summed E-state index contributed by atoms with van der Waals surface area (Å²) in [7, 11) is -4.03. The minimum Gasteiger partial charge on any atom is -0.286 e. The Balaban J connectivity index is 1.48. The lowest BCUT2D eigenvalue weighted by atomic mass is 9.80. The number of imide groups is 1. The van der Waals surface area contributed by atoms with Crippen LogP contribution >= 0.6 is 0 Å². The molecule has 2 aliphatic rings. The minimum absolute atomic E-state index is 0.291. The van der Waals surface area contributed by atoms with E-state index in [0.29, 0.717) is 42.6 Å². The zero-order valence-electron chi connectivity index (χ0n) is 21.9. The Morgan fingerprint density at radius 1 is 0.923 bits per heavy atom. The van der Waals surface area contributed by atoms with Gasteiger partial charge in [0.2, 0.25) is 5.69 Å². The molecule has 9 heteroatoms. The molecule has 0 aromatic heterocycles. The van der Waals surface area contributed by atoms with Gasteiger partial charge in [0, 0.05) is 24.3 Å². The number of fused-ring (bicyclic) bond motifs is 2. The highest BCUT2D eigenvalue weighted by Gasteiger charge is 2.46. The molecule has 0 atom stereocenters. The highest BCUT2D eigenvalue weighted by Crippen LogP contribution is 2.43. The molecule has 0 unspecified atom stereocenters. The molecule has 0 fully saturated rings. The van der Waals surface area contributed by atoms with Gasteiger partial charge in [-0.3, -0.25) is 19.1 Å². The van der Waals surface area contributed by atoms with Crippen molar-refractivity contribution in [2.75, 3.05) is 17.2 Å². The molecule has 5 rings (SSSR count). The zero-order valence-corrected chi connectivity index (χ0v) is 22.7. The SMILES string of the molecule is CC1(C)C(CC=Nc2ccccc2)=[N+](CCCCS(=O)(=O)O)c2ccc(N3C(=O)c4ccccc4C3=O)cc21. The molecule has 2 aliphatic heterocycles. The largest absolute Gasteiger partial charge is 0.286 e. The number of hydrogen-bond donors (Lipinski definition) is 1. The summed E-state index contributed by atoms with van der Waals surface area (Å²) in [5, 5.41) is 0. The van der Waals surface area contributed by atoms with Crippen LogP contribution in [0.5, 0.6) is 0 Å². The monoisotopic (exact) mass is 544 g/mol. The molecular formula is C30H30N3O5S+. The molecule has 3 aromatic rings. The molecule has 2 heterocycles. The molecule has 0 spiro atoms. The van der Waals surface area contributed by atoms with Crippen LogP contribution in [0, 0.1) is 0 Å². The lowest BCUT2D eigenvalue weighted by molar-refractivity contribution is -0.440. The summed E-state index contributed by atoms with van der Waals surface area (Å²) < 4.78 is 33.8. The first-order chi connectivity index (χ1) is 18.6. The Morgan fingerprint density at radius 2 is 1.56 bits per heavy atom. The quantitative estimate of drug-likeness (QED) is 0.129. The van der Waals surface area contributed by atoms with Crippen LogP contribution in [0.25, 0.3) is 0 Å². The van der Waals surface area contributed by atoms with E-state index in [0.717, 1.165) is 22.6 Å². The topological polar surface area (TPSA) is 107 Å². The second-order valence-corrected chi connectivity index (χ2v) is 11.8. The van der Waals surface area contributed by atoms with Crippen molar-refractivity contribution >= 4 is 50.9 Å². The Kier molecular flexibility index (Phi) is 7.05. The number of unbranched alkanes of at least 4 members (excludes halogenated alkanes) is 1. The van der Waals surface area contributed by atoms with Crippen LogP contribution in [0.3, 0.4) is 0 Å². The standard InChI is InChI=1S/C30H29N3O5S/c1-30(2)25-20-22(33-28(34)23-12-6-7-13-24(23)29(33)35)14-15-26(25)32(18-8-9-19-39(36,37)38)27(30)16-17-31-21-10-4-3-5-11-21/h3-7,10-15,17,20H,8-9,16,18-19H2,1-2H3/p+1. The van der Waals surface area contributed by atoms with Crippen molar-refractivity contribution in [3.63, 3.8) is 0 Å². The predicted molar refractivity (Wildman–Crippen MR) is 152 cm³/mol. The molecule has 200 valence electrons. The normalized spacial score (nSPS) is 16.3. The molecule has 0 bridgehead atoms. The van der Waals surface area contributed by atoms with Crippen molar-refractivity contribution in [3.8, 4) is 0 Å². The maximum absolute atomic E-state index is 13.1. The number of hydrogen-bond acceptors (Lipinski definition) is 5. The molecule has 8 nitrogen and oxygen atoms in total. The van der Waals surface area contributed by atoms with Crippen molar-refractivity contribution in [1.29, 1.82) is 0 Å². The lowest BCUT2D eigenvalue weighted by Gasteiger charge is -2.19. The Morgan fingerprint density at radius 3 is 2.21 bits per heavy atom. The molecule has 0 saturated carbocycles. The highest BCUT2D eigenvalue weighted by atomic mass is 32.2. The van der Waals surface area contributed by atoms with Gasteiger partial charge in [0.05, 0.1) is 40.1 Å². The van der Waals surface area contributed by atoms with E-state index in [-0.39, 0.29) is 17.6 Å². The summed E-state index contributed by atoms with van der Waals surface area (Å²) in [4.78, 5) is 32.1. The average molecular weight is 545 g/mol. The smallest absolute Gasteiger partial charge is 0.266 e. The number of nitrogens with zero attached hydrogens (tertiary/aromatic N) is 3. The van der Waals surface area contributed by atoms with Crippen molar-refractivity contribution in [1.82, 2.24) is 0 Å². The third-order valence-corrected chi connectivity index (χ3v) is 8.16. The summed E-state index contributed by atoms with van der Waals surface area (Å²) in [5.74, 6) is -0.971. The van der Waals surface area contributed by atoms with Gasteiger partial charge in [-0.15, -0.1) is 0 Å². The summed E-state index contributed by atoms with van der Waals surface area (Å²) >= 11 is 0. The van der Waals surface area contributed by atoms with Gasteiger partial charge in [-0.05, 0) is 56.7 Å². The molecule has 1 N–H and O–H groups in total. The van der Waals surface area contributed by atoms with E-state index in [1.165, 1.54) is 4.90 Å². The first-order valence-electron chi connectivity index (χ1n) is 12.9. The maximum atomic E-state index is 13.1. The van der Waals surface area contributed by atoms with E-state index in [9.17, 15) is 18.0 Å². The van der Waals surface area contributed by atoms with E-state index in [4.69, 9.17) is 4.55 Å². The first-order valence-corrected chi connectivity index (χ1v) is 14.5. The van der Waals surface area contributed by atoms with Crippen LogP contribution in [-0.4, -0.2) is 53.6 Å². The van der Waals surface area contributed by atoms with Crippen molar-refractivity contribution in [2.24, 2.45) is 4.99 Å². The summed E-state index contributed by atoms with van der Waals surface area (Å²) in [6.45, 7) is 4.75. The number of benzene rings is 3. The third-order valence-electron chi connectivity index (χ3n) is 7.36. The number of amides is 2. The fraction of sp³-hybridized carbons (Fsp3) is 0.267. The van der Waals surface area contributed by atoms with Gasteiger partial charge >= 0.3 is 0 Å². The Hall–Kier alpha value is -3.95. The van der Waals surface area contributed by atoms with Crippen LogP contribution in [-0.2, 0) is 15.5 Å². The second-order valence-electron chi connectivity index (χ2n) is 10.3. The number of anilines is 1. The first kappa shape index (κ1) is 26.6. The van der Waals surface area contributed by atoms with Crippen molar-refractivity contribution in [3.05, 3.63) is 89.5 Å². The summed E-state index contributed by atoms with van der Waals surface area (Å²) in [6, 6.07) is 22.1. The fourth-order valence-electron chi connectivity index (χ4n) is 5.39. The van der Waals surface area contributed by atoms with Crippen LogP contribution < -0.4 is 4.90 Å². The van der Waals surface area contributed by atoms with Gasteiger partial charge in [-0.25, -0.2) is 4.90 Å². The number of aliphatic imine (C=N–C) groups is 1. The van der Waals surface area contributed by atoms with Crippen LogP contribution in [0.1, 0.15) is 59.4 Å². The Labute approximate surface area is 228 Å². The van der Waals surface area contributed by atoms with E-state index < -0.39 is 15.5 Å². The summed E-state index contributed by atoms with van der Waals surface area (Å²) in [5.41, 5.74) is 4.68. The highest BCUT2D eigenvalue weighted by molar-refractivity contribution is 7.85. The van der Waals surface area contributed by atoms with Crippen molar-refractivity contribution in [2.45, 2.75) is 38.5 Å². The number of para-hydroxylation sites is 1. The predicted octanol–water partition coefficient (Wildman–Crippen LogP) is 5.32. The van der Waals surface area contributed by atoms with Gasteiger partial charge in [0.15, 0.2) is 5.71 Å². The fourth-order valence-corrected chi connectivity index (χ4v) is 5.96. The molecule has 0 radical (unpaired) electrons. The second kappa shape index (κ2) is 10.3. The van der Waals surface area contributed by atoms with Crippen molar-refractivity contribution < 1.29 is 27.1 Å². The molecule has 2 amide bonds. The number of rotatable bonds is 9. The van der Waals surface area contributed by atoms with Gasteiger partial charge in [-0.1, -0.05) is 30.3 Å². The van der Waals surface area contributed by atoms with Gasteiger partial charge in [0.25, 0.3) is 21.9 Å². The molecule has 3 aromatic carbocycles. The van der Waals surface area contributed by atoms with Gasteiger partial charge in [0.1, 0.15) is 6.54 Å². The number of carbonyl (C=O) groups is 2. The van der Waals surface area contributed by atoms with E-state index in [1.807, 2.05) is 48.7 Å². The summed E-state index contributed by atoms with van der Waals surface area (Å²) in [6.07, 6.45) is 3.30. The molecule has 0 saturated heterocycles. The van der Waals surface area contributed by atoms with Crippen LogP contribution in [0.15, 0.2) is 77.8 Å². The third kappa shape index (κ3) is 5.20.